The average molecular weight is 277 g/mol. The van der Waals surface area contributed by atoms with E-state index < -0.39 is 0 Å². The third-order valence-electron chi connectivity index (χ3n) is 3.85. The van der Waals surface area contributed by atoms with E-state index in [9.17, 15) is 4.79 Å². The summed E-state index contributed by atoms with van der Waals surface area (Å²) in [5.74, 6) is 0.920. The zero-order valence-corrected chi connectivity index (χ0v) is 12.0. The van der Waals surface area contributed by atoms with Crippen LogP contribution < -0.4 is 10.1 Å². The fourth-order valence-corrected chi connectivity index (χ4v) is 2.08. The van der Waals surface area contributed by atoms with Crippen LogP contribution in [0.1, 0.15) is 31.2 Å². The predicted molar refractivity (Wildman–Crippen MR) is 77.7 cm³/mol. The molecule has 20 heavy (non-hydrogen) atoms. The van der Waals surface area contributed by atoms with Gasteiger partial charge in [0.1, 0.15) is 5.75 Å². The number of aliphatic hydroxyl groups is 1. The van der Waals surface area contributed by atoms with Gasteiger partial charge in [0.05, 0.1) is 13.2 Å². The van der Waals surface area contributed by atoms with E-state index in [1.54, 1.807) is 0 Å². The molecule has 4 nitrogen and oxygen atoms in total. The normalized spacial score (nSPS) is 15.7. The average Bonchev–Trinajstić information content (AvgIpc) is 3.24. The molecule has 0 spiro atoms. The number of para-hydroxylation sites is 1. The van der Waals surface area contributed by atoms with Gasteiger partial charge in [0.25, 0.3) is 0 Å². The number of carbonyl (C=O) groups is 1. The third-order valence-corrected chi connectivity index (χ3v) is 3.85. The molecule has 1 amide bonds. The first-order valence-electron chi connectivity index (χ1n) is 7.21. The second kappa shape index (κ2) is 6.75. The van der Waals surface area contributed by atoms with Crippen molar-refractivity contribution in [1.29, 1.82) is 0 Å². The summed E-state index contributed by atoms with van der Waals surface area (Å²) in [6, 6.07) is 7.86. The quantitative estimate of drug-likeness (QED) is 0.715. The van der Waals surface area contributed by atoms with Gasteiger partial charge >= 0.3 is 0 Å². The zero-order valence-electron chi connectivity index (χ0n) is 12.0. The lowest BCUT2D eigenvalue weighted by Crippen LogP contribution is -2.31. The molecule has 1 aromatic carbocycles. The lowest BCUT2D eigenvalue weighted by molar-refractivity contribution is -0.121. The molecule has 1 fully saturated rings. The highest BCUT2D eigenvalue weighted by Gasteiger charge is 2.41. The Kier molecular flexibility index (Phi) is 5.01. The van der Waals surface area contributed by atoms with E-state index in [4.69, 9.17) is 9.84 Å². The molecular formula is C16H23NO3. The second-order valence-electron chi connectivity index (χ2n) is 5.65. The van der Waals surface area contributed by atoms with E-state index in [1.807, 2.05) is 31.2 Å². The highest BCUT2D eigenvalue weighted by atomic mass is 16.5. The number of hydrogen-bond acceptors (Lipinski definition) is 3. The molecule has 1 aliphatic carbocycles. The van der Waals surface area contributed by atoms with Crippen molar-refractivity contribution in [3.63, 3.8) is 0 Å². The number of carbonyl (C=O) groups excluding carboxylic acids is 1. The Labute approximate surface area is 120 Å². The first kappa shape index (κ1) is 14.9. The minimum Gasteiger partial charge on any atom is -0.493 e. The molecule has 0 radical (unpaired) electrons. The third kappa shape index (κ3) is 4.23. The van der Waals surface area contributed by atoms with Gasteiger partial charge in [-0.05, 0) is 37.8 Å². The fourth-order valence-electron chi connectivity index (χ4n) is 2.08. The summed E-state index contributed by atoms with van der Waals surface area (Å²) in [5.41, 5.74) is 1.09. The maximum absolute atomic E-state index is 11.7. The predicted octanol–water partition coefficient (Wildman–Crippen LogP) is 2.04. The number of benzene rings is 1. The summed E-state index contributed by atoms with van der Waals surface area (Å²) in [6.07, 6.45) is 3.19. The summed E-state index contributed by atoms with van der Waals surface area (Å²) >= 11 is 0. The van der Waals surface area contributed by atoms with Crippen molar-refractivity contribution >= 4 is 5.91 Å². The SMILES string of the molecule is Cc1ccccc1OCCCC(=O)NCC1(CO)CC1. The van der Waals surface area contributed by atoms with Crippen molar-refractivity contribution in [2.75, 3.05) is 19.8 Å². The molecule has 0 atom stereocenters. The number of aliphatic hydroxyl groups excluding tert-OH is 1. The Morgan fingerprint density at radius 3 is 2.80 bits per heavy atom. The number of rotatable bonds is 8. The zero-order chi connectivity index (χ0) is 14.4. The molecular weight excluding hydrogens is 254 g/mol. The minimum atomic E-state index is -0.0205. The number of nitrogens with one attached hydrogen (secondary N) is 1. The van der Waals surface area contributed by atoms with E-state index >= 15 is 0 Å². The highest BCUT2D eigenvalue weighted by molar-refractivity contribution is 5.75. The van der Waals surface area contributed by atoms with Crippen molar-refractivity contribution in [1.82, 2.24) is 5.32 Å². The summed E-state index contributed by atoms with van der Waals surface area (Å²) in [4.78, 5) is 11.7. The summed E-state index contributed by atoms with van der Waals surface area (Å²) in [7, 11) is 0. The summed E-state index contributed by atoms with van der Waals surface area (Å²) in [6.45, 7) is 3.32. The fraction of sp³-hybridized carbons (Fsp3) is 0.562. The molecule has 1 aliphatic rings. The van der Waals surface area contributed by atoms with E-state index in [-0.39, 0.29) is 17.9 Å². The number of hydrogen-bond donors (Lipinski definition) is 2. The van der Waals surface area contributed by atoms with Gasteiger partial charge in [0, 0.05) is 18.4 Å². The molecule has 2 rings (SSSR count). The van der Waals surface area contributed by atoms with Gasteiger partial charge in [-0.25, -0.2) is 0 Å². The van der Waals surface area contributed by atoms with E-state index in [0.717, 1.165) is 24.2 Å². The monoisotopic (exact) mass is 277 g/mol. The number of aryl methyl sites for hydroxylation is 1. The Morgan fingerprint density at radius 2 is 2.15 bits per heavy atom. The van der Waals surface area contributed by atoms with Crippen LogP contribution >= 0.6 is 0 Å². The van der Waals surface area contributed by atoms with Crippen LogP contribution in [-0.4, -0.2) is 30.8 Å². The first-order valence-corrected chi connectivity index (χ1v) is 7.21. The summed E-state index contributed by atoms with van der Waals surface area (Å²) in [5, 5.41) is 12.1. The molecule has 0 aromatic heterocycles. The summed E-state index contributed by atoms with van der Waals surface area (Å²) < 4.78 is 5.65. The van der Waals surface area contributed by atoms with Crippen LogP contribution in [0, 0.1) is 12.3 Å². The van der Waals surface area contributed by atoms with Gasteiger partial charge in [-0.3, -0.25) is 4.79 Å². The second-order valence-corrected chi connectivity index (χ2v) is 5.65. The van der Waals surface area contributed by atoms with Crippen molar-refractivity contribution in [3.05, 3.63) is 29.8 Å². The van der Waals surface area contributed by atoms with Crippen LogP contribution in [0.5, 0.6) is 5.75 Å². The van der Waals surface area contributed by atoms with Crippen LogP contribution in [-0.2, 0) is 4.79 Å². The van der Waals surface area contributed by atoms with E-state index in [0.29, 0.717) is 26.0 Å². The molecule has 0 heterocycles. The van der Waals surface area contributed by atoms with Crippen LogP contribution in [0.2, 0.25) is 0 Å². The molecule has 0 unspecified atom stereocenters. The van der Waals surface area contributed by atoms with Crippen LogP contribution in [0.3, 0.4) is 0 Å². The van der Waals surface area contributed by atoms with Crippen LogP contribution in [0.4, 0.5) is 0 Å². The molecule has 0 bridgehead atoms. The molecule has 4 heteroatoms. The van der Waals surface area contributed by atoms with Gasteiger partial charge in [0.2, 0.25) is 5.91 Å². The Morgan fingerprint density at radius 1 is 1.40 bits per heavy atom. The number of amides is 1. The van der Waals surface area contributed by atoms with E-state index in [1.165, 1.54) is 0 Å². The molecule has 2 N–H and O–H groups in total. The first-order chi connectivity index (χ1) is 9.65. The van der Waals surface area contributed by atoms with Gasteiger partial charge in [-0.2, -0.15) is 0 Å². The largest absolute Gasteiger partial charge is 0.493 e. The van der Waals surface area contributed by atoms with Gasteiger partial charge in [-0.15, -0.1) is 0 Å². The van der Waals surface area contributed by atoms with Crippen molar-refractivity contribution < 1.29 is 14.6 Å². The number of ether oxygens (including phenoxy) is 1. The van der Waals surface area contributed by atoms with Crippen molar-refractivity contribution in [2.45, 2.75) is 32.6 Å². The molecule has 110 valence electrons. The van der Waals surface area contributed by atoms with Crippen LogP contribution in [0.25, 0.3) is 0 Å². The lowest BCUT2D eigenvalue weighted by atomic mass is 10.1. The van der Waals surface area contributed by atoms with Crippen molar-refractivity contribution in [3.8, 4) is 5.75 Å². The molecule has 1 aromatic rings. The molecule has 1 saturated carbocycles. The van der Waals surface area contributed by atoms with Crippen molar-refractivity contribution in [2.24, 2.45) is 5.41 Å². The smallest absolute Gasteiger partial charge is 0.220 e. The molecule has 0 saturated heterocycles. The van der Waals surface area contributed by atoms with E-state index in [2.05, 4.69) is 5.32 Å². The van der Waals surface area contributed by atoms with Gasteiger partial charge in [0.15, 0.2) is 0 Å². The highest BCUT2D eigenvalue weighted by Crippen LogP contribution is 2.44. The van der Waals surface area contributed by atoms with Gasteiger partial charge in [-0.1, -0.05) is 18.2 Å². The molecule has 0 aliphatic heterocycles. The maximum atomic E-state index is 11.7. The Hall–Kier alpha value is -1.55. The lowest BCUT2D eigenvalue weighted by Gasteiger charge is -2.13. The Bertz CT molecular complexity index is 455. The standard InChI is InChI=1S/C16H23NO3/c1-13-5-2-3-6-14(13)20-10-4-7-15(19)17-11-16(12-18)8-9-16/h2-3,5-6,18H,4,7-12H2,1H3,(H,17,19). The maximum Gasteiger partial charge on any atom is 0.220 e. The topological polar surface area (TPSA) is 58.6 Å². The van der Waals surface area contributed by atoms with Gasteiger partial charge < -0.3 is 15.2 Å². The minimum absolute atomic E-state index is 0.0205. The Balaban J connectivity index is 1.59. The van der Waals surface area contributed by atoms with Crippen LogP contribution in [0.15, 0.2) is 24.3 Å².